The van der Waals surface area contributed by atoms with Crippen LogP contribution in [-0.4, -0.2) is 60.1 Å². The molecular weight excluding hydrogens is 270 g/mol. The Hall–Kier alpha value is -2.32. The van der Waals surface area contributed by atoms with Crippen LogP contribution < -0.4 is 11.1 Å². The lowest BCUT2D eigenvalue weighted by Gasteiger charge is -2.20. The van der Waals surface area contributed by atoms with Gasteiger partial charge in [-0.2, -0.15) is 0 Å². The second-order valence-electron chi connectivity index (χ2n) is 4.47. The van der Waals surface area contributed by atoms with Crippen molar-refractivity contribution in [1.29, 1.82) is 0 Å². The minimum absolute atomic E-state index is 0.154. The van der Waals surface area contributed by atoms with E-state index in [4.69, 9.17) is 10.8 Å². The van der Waals surface area contributed by atoms with Gasteiger partial charge in [0.15, 0.2) is 0 Å². The highest BCUT2D eigenvalue weighted by Gasteiger charge is 2.33. The van der Waals surface area contributed by atoms with E-state index in [1.54, 1.807) is 0 Å². The number of carbonyl (C=O) groups excluding carboxylic acids is 3. The number of carbonyl (C=O) groups is 4. The molecule has 1 aliphatic heterocycles. The molecule has 112 valence electrons. The van der Waals surface area contributed by atoms with Crippen LogP contribution in [0.4, 0.5) is 4.79 Å². The number of nitrogens with one attached hydrogen (secondary N) is 1. The van der Waals surface area contributed by atoms with Crippen molar-refractivity contribution in [2.75, 3.05) is 20.2 Å². The Morgan fingerprint density at radius 1 is 1.45 bits per heavy atom. The third-order valence-corrected chi connectivity index (χ3v) is 3.01. The summed E-state index contributed by atoms with van der Waals surface area (Å²) >= 11 is 0. The number of carboxylic acids is 1. The number of carboxylic acid groups (broad SMARTS) is 1. The molecule has 1 aliphatic rings. The van der Waals surface area contributed by atoms with Crippen molar-refractivity contribution in [3.8, 4) is 0 Å². The second kappa shape index (κ2) is 6.73. The summed E-state index contributed by atoms with van der Waals surface area (Å²) in [6.45, 7) is 0.468. The molecule has 2 atom stereocenters. The SMILES string of the molecule is COC(=O)C1CCN(C(=O)N[C@@H](CC(N)=O)C(=O)O)C1. The number of aliphatic carboxylic acids is 1. The van der Waals surface area contributed by atoms with Crippen LogP contribution in [0.15, 0.2) is 0 Å². The van der Waals surface area contributed by atoms with Crippen molar-refractivity contribution in [2.24, 2.45) is 11.7 Å². The summed E-state index contributed by atoms with van der Waals surface area (Å²) in [7, 11) is 1.26. The number of nitrogens with zero attached hydrogens (tertiary/aromatic N) is 1. The molecule has 0 saturated carbocycles. The molecule has 0 radical (unpaired) electrons. The van der Waals surface area contributed by atoms with E-state index in [1.165, 1.54) is 12.0 Å². The maximum Gasteiger partial charge on any atom is 0.326 e. The molecule has 0 aromatic rings. The average Bonchev–Trinajstić information content (AvgIpc) is 2.85. The van der Waals surface area contributed by atoms with Gasteiger partial charge in [0.2, 0.25) is 5.91 Å². The van der Waals surface area contributed by atoms with Gasteiger partial charge in [-0.1, -0.05) is 0 Å². The first-order chi connectivity index (χ1) is 9.35. The van der Waals surface area contributed by atoms with Gasteiger partial charge in [0, 0.05) is 13.1 Å². The molecule has 0 aromatic carbocycles. The van der Waals surface area contributed by atoms with Gasteiger partial charge in [-0.3, -0.25) is 9.59 Å². The van der Waals surface area contributed by atoms with Crippen molar-refractivity contribution in [2.45, 2.75) is 18.9 Å². The number of methoxy groups -OCH3 is 1. The highest BCUT2D eigenvalue weighted by molar-refractivity contribution is 5.88. The van der Waals surface area contributed by atoms with E-state index in [0.717, 1.165) is 0 Å². The number of urea groups is 1. The predicted molar refractivity (Wildman–Crippen MR) is 65.5 cm³/mol. The third-order valence-electron chi connectivity index (χ3n) is 3.01. The maximum absolute atomic E-state index is 11.8. The first-order valence-corrected chi connectivity index (χ1v) is 5.99. The van der Waals surface area contributed by atoms with Gasteiger partial charge < -0.3 is 25.8 Å². The fourth-order valence-electron chi connectivity index (χ4n) is 1.95. The Balaban J connectivity index is 2.56. The number of ether oxygens (including phenoxy) is 1. The quantitative estimate of drug-likeness (QED) is 0.527. The number of rotatable bonds is 5. The molecule has 9 nitrogen and oxygen atoms in total. The minimum atomic E-state index is -1.38. The topological polar surface area (TPSA) is 139 Å². The highest BCUT2D eigenvalue weighted by atomic mass is 16.5. The summed E-state index contributed by atoms with van der Waals surface area (Å²) in [5.74, 6) is -3.00. The standard InChI is InChI=1S/C11H17N3O6/c1-20-10(18)6-2-3-14(5-6)11(19)13-7(9(16)17)4-8(12)15/h6-7H,2-5H2,1H3,(H2,12,15)(H,13,19)(H,16,17)/t6?,7-/m0/s1. The summed E-state index contributed by atoms with van der Waals surface area (Å²) in [5, 5.41) is 11.1. The predicted octanol–water partition coefficient (Wildman–Crippen LogP) is -1.48. The van der Waals surface area contributed by atoms with Gasteiger partial charge in [0.1, 0.15) is 6.04 Å². The summed E-state index contributed by atoms with van der Waals surface area (Å²) < 4.78 is 4.58. The van der Waals surface area contributed by atoms with Gasteiger partial charge in [-0.05, 0) is 6.42 Å². The summed E-state index contributed by atoms with van der Waals surface area (Å²) in [6, 6.07) is -2.03. The number of likely N-dealkylation sites (tertiary alicyclic amines) is 1. The maximum atomic E-state index is 11.8. The smallest absolute Gasteiger partial charge is 0.326 e. The molecule has 0 bridgehead atoms. The number of amides is 3. The summed E-state index contributed by atoms with van der Waals surface area (Å²) in [4.78, 5) is 46.1. The Morgan fingerprint density at radius 3 is 2.60 bits per heavy atom. The van der Waals surface area contributed by atoms with E-state index in [9.17, 15) is 19.2 Å². The normalized spacial score (nSPS) is 19.2. The van der Waals surface area contributed by atoms with Crippen molar-refractivity contribution in [3.05, 3.63) is 0 Å². The van der Waals surface area contributed by atoms with E-state index >= 15 is 0 Å². The lowest BCUT2D eigenvalue weighted by atomic mass is 10.1. The lowest BCUT2D eigenvalue weighted by molar-refractivity contribution is -0.145. The zero-order valence-corrected chi connectivity index (χ0v) is 11.0. The van der Waals surface area contributed by atoms with Gasteiger partial charge in [-0.15, -0.1) is 0 Å². The van der Waals surface area contributed by atoms with Crippen LogP contribution in [0.2, 0.25) is 0 Å². The molecule has 4 N–H and O–H groups in total. The van der Waals surface area contributed by atoms with Crippen LogP contribution in [0.5, 0.6) is 0 Å². The fourth-order valence-corrected chi connectivity index (χ4v) is 1.95. The number of hydrogen-bond donors (Lipinski definition) is 3. The van der Waals surface area contributed by atoms with Crippen LogP contribution in [0, 0.1) is 5.92 Å². The fraction of sp³-hybridized carbons (Fsp3) is 0.636. The van der Waals surface area contributed by atoms with Crippen molar-refractivity contribution >= 4 is 23.9 Å². The minimum Gasteiger partial charge on any atom is -0.480 e. The van der Waals surface area contributed by atoms with Gasteiger partial charge >= 0.3 is 18.0 Å². The van der Waals surface area contributed by atoms with E-state index < -0.39 is 42.3 Å². The molecule has 9 heteroatoms. The monoisotopic (exact) mass is 287 g/mol. The van der Waals surface area contributed by atoms with E-state index in [0.29, 0.717) is 13.0 Å². The molecule has 0 aromatic heterocycles. The zero-order chi connectivity index (χ0) is 15.3. The van der Waals surface area contributed by atoms with Gasteiger partial charge in [-0.25, -0.2) is 9.59 Å². The summed E-state index contributed by atoms with van der Waals surface area (Å²) in [5.41, 5.74) is 4.91. The Labute approximate surface area is 115 Å². The van der Waals surface area contributed by atoms with Crippen molar-refractivity contribution in [1.82, 2.24) is 10.2 Å². The molecule has 1 fully saturated rings. The van der Waals surface area contributed by atoms with Crippen molar-refractivity contribution in [3.63, 3.8) is 0 Å². The van der Waals surface area contributed by atoms with Crippen LogP contribution in [0.1, 0.15) is 12.8 Å². The van der Waals surface area contributed by atoms with Crippen molar-refractivity contribution < 1.29 is 29.0 Å². The number of esters is 1. The van der Waals surface area contributed by atoms with Gasteiger partial charge in [0.05, 0.1) is 19.4 Å². The second-order valence-corrected chi connectivity index (χ2v) is 4.47. The largest absolute Gasteiger partial charge is 0.480 e. The van der Waals surface area contributed by atoms with E-state index in [2.05, 4.69) is 10.1 Å². The average molecular weight is 287 g/mol. The molecule has 0 spiro atoms. The molecule has 3 amide bonds. The molecule has 1 rings (SSSR count). The third kappa shape index (κ3) is 4.11. The van der Waals surface area contributed by atoms with Crippen LogP contribution >= 0.6 is 0 Å². The molecule has 0 aliphatic carbocycles. The summed E-state index contributed by atoms with van der Waals surface area (Å²) in [6.07, 6.45) is -0.0387. The first-order valence-electron chi connectivity index (χ1n) is 5.99. The molecule has 1 heterocycles. The number of nitrogens with two attached hydrogens (primary N) is 1. The van der Waals surface area contributed by atoms with Gasteiger partial charge in [0.25, 0.3) is 0 Å². The number of hydrogen-bond acceptors (Lipinski definition) is 5. The van der Waals surface area contributed by atoms with Crippen LogP contribution in [0.3, 0.4) is 0 Å². The molecular formula is C11H17N3O6. The molecule has 20 heavy (non-hydrogen) atoms. The Morgan fingerprint density at radius 2 is 2.10 bits per heavy atom. The zero-order valence-electron chi connectivity index (χ0n) is 11.0. The molecule has 1 saturated heterocycles. The van der Waals surface area contributed by atoms with Crippen LogP contribution in [0.25, 0.3) is 0 Å². The van der Waals surface area contributed by atoms with E-state index in [1.807, 2.05) is 0 Å². The van der Waals surface area contributed by atoms with Crippen LogP contribution in [-0.2, 0) is 19.1 Å². The Kier molecular flexibility index (Phi) is 5.30. The molecule has 1 unspecified atom stereocenters. The number of primary amides is 1. The highest BCUT2D eigenvalue weighted by Crippen LogP contribution is 2.17. The Bertz CT molecular complexity index is 424. The lowest BCUT2D eigenvalue weighted by Crippen LogP contribution is -2.48. The van der Waals surface area contributed by atoms with E-state index in [-0.39, 0.29) is 6.54 Å². The first kappa shape index (κ1) is 15.7.